The Kier molecular flexibility index (Phi) is 7.34. The zero-order chi connectivity index (χ0) is 23.6. The van der Waals surface area contributed by atoms with Crippen molar-refractivity contribution in [3.63, 3.8) is 0 Å². The summed E-state index contributed by atoms with van der Waals surface area (Å²) in [6, 6.07) is 2.91. The van der Waals surface area contributed by atoms with Gasteiger partial charge in [-0.05, 0) is 46.1 Å². The summed E-state index contributed by atoms with van der Waals surface area (Å²) >= 11 is 6.66. The standard InChI is InChI=1S/C24H37ClN6O2/c1-5-18-16-30(22-20(25)14-17(15-28-22)21-26-8-9-27-21)12-13-31(18)19-6-10-29(11-7-19)23(32)33-24(2,3)4/h14-15,18-19H,5-13,16H2,1-4H3,(H,26,27)/t18-/m0/s1. The van der Waals surface area contributed by atoms with E-state index in [1.165, 1.54) is 0 Å². The first-order valence-electron chi connectivity index (χ1n) is 12.2. The van der Waals surface area contributed by atoms with E-state index in [2.05, 4.69) is 27.0 Å². The lowest BCUT2D eigenvalue weighted by Crippen LogP contribution is -2.59. The number of likely N-dealkylation sites (tertiary alicyclic amines) is 1. The van der Waals surface area contributed by atoms with Crippen LogP contribution in [0.25, 0.3) is 0 Å². The fourth-order valence-electron chi connectivity index (χ4n) is 5.00. The van der Waals surface area contributed by atoms with Crippen LogP contribution >= 0.6 is 11.6 Å². The third-order valence-electron chi connectivity index (χ3n) is 6.65. The van der Waals surface area contributed by atoms with E-state index in [1.54, 1.807) is 0 Å². The van der Waals surface area contributed by atoms with Crippen molar-refractivity contribution in [1.29, 1.82) is 0 Å². The fraction of sp³-hybridized carbons (Fsp3) is 0.708. The Bertz CT molecular complexity index is 878. The van der Waals surface area contributed by atoms with Gasteiger partial charge in [0.1, 0.15) is 17.3 Å². The Labute approximate surface area is 202 Å². The highest BCUT2D eigenvalue weighted by Crippen LogP contribution is 2.30. The first kappa shape index (κ1) is 24.1. The summed E-state index contributed by atoms with van der Waals surface area (Å²) in [7, 11) is 0. The maximum absolute atomic E-state index is 12.4. The van der Waals surface area contributed by atoms with E-state index in [1.807, 2.05) is 37.9 Å². The van der Waals surface area contributed by atoms with Crippen LogP contribution in [-0.2, 0) is 4.74 Å². The zero-order valence-electron chi connectivity index (χ0n) is 20.3. The Balaban J connectivity index is 1.35. The largest absolute Gasteiger partial charge is 0.444 e. The molecule has 2 fully saturated rings. The number of piperazine rings is 1. The third kappa shape index (κ3) is 5.72. The molecule has 0 saturated carbocycles. The predicted molar refractivity (Wildman–Crippen MR) is 132 cm³/mol. The normalized spacial score (nSPS) is 22.8. The molecule has 3 aliphatic rings. The number of anilines is 1. The summed E-state index contributed by atoms with van der Waals surface area (Å²) in [5.74, 6) is 1.74. The number of nitrogens with zero attached hydrogens (tertiary/aromatic N) is 5. The highest BCUT2D eigenvalue weighted by atomic mass is 35.5. The smallest absolute Gasteiger partial charge is 0.410 e. The lowest BCUT2D eigenvalue weighted by Gasteiger charge is -2.47. The van der Waals surface area contributed by atoms with Gasteiger partial charge in [-0.25, -0.2) is 9.78 Å². The van der Waals surface area contributed by atoms with Gasteiger partial charge in [-0.15, -0.1) is 0 Å². The molecule has 1 amide bonds. The van der Waals surface area contributed by atoms with Gasteiger partial charge in [-0.3, -0.25) is 9.89 Å². The van der Waals surface area contributed by atoms with Gasteiger partial charge in [0.25, 0.3) is 0 Å². The minimum atomic E-state index is -0.452. The number of pyridine rings is 1. The Morgan fingerprint density at radius 1 is 1.24 bits per heavy atom. The molecule has 1 aromatic heterocycles. The maximum Gasteiger partial charge on any atom is 0.410 e. The lowest BCUT2D eigenvalue weighted by atomic mass is 9.98. The van der Waals surface area contributed by atoms with Gasteiger partial charge in [0.2, 0.25) is 0 Å². The molecule has 0 bridgehead atoms. The van der Waals surface area contributed by atoms with Gasteiger partial charge in [-0.2, -0.15) is 0 Å². The molecular formula is C24H37ClN6O2. The predicted octanol–water partition coefficient (Wildman–Crippen LogP) is 3.38. The molecule has 0 spiro atoms. The molecule has 4 heterocycles. The van der Waals surface area contributed by atoms with Crippen molar-refractivity contribution >= 4 is 29.3 Å². The Hall–Kier alpha value is -2.06. The van der Waals surface area contributed by atoms with Crippen molar-refractivity contribution in [2.24, 2.45) is 4.99 Å². The summed E-state index contributed by atoms with van der Waals surface area (Å²) < 4.78 is 5.55. The molecule has 9 heteroatoms. The van der Waals surface area contributed by atoms with Gasteiger partial charge in [-0.1, -0.05) is 18.5 Å². The van der Waals surface area contributed by atoms with Gasteiger partial charge >= 0.3 is 6.09 Å². The maximum atomic E-state index is 12.4. The number of aliphatic imine (C=N–C) groups is 1. The molecule has 8 nitrogen and oxygen atoms in total. The zero-order valence-corrected chi connectivity index (χ0v) is 21.1. The van der Waals surface area contributed by atoms with E-state index in [-0.39, 0.29) is 6.09 Å². The average Bonchev–Trinajstić information content (AvgIpc) is 3.33. The number of amidine groups is 1. The van der Waals surface area contributed by atoms with Crippen molar-refractivity contribution in [3.8, 4) is 0 Å². The second kappa shape index (κ2) is 10.1. The van der Waals surface area contributed by atoms with Crippen LogP contribution in [0, 0.1) is 0 Å². The summed E-state index contributed by atoms with van der Waals surface area (Å²) in [6.45, 7) is 13.9. The lowest BCUT2D eigenvalue weighted by molar-refractivity contribution is 0.00945. The number of rotatable bonds is 4. The van der Waals surface area contributed by atoms with Crippen LogP contribution in [0.1, 0.15) is 52.5 Å². The number of nitrogens with one attached hydrogen (secondary N) is 1. The van der Waals surface area contributed by atoms with E-state index >= 15 is 0 Å². The third-order valence-corrected chi connectivity index (χ3v) is 6.93. The summed E-state index contributed by atoms with van der Waals surface area (Å²) in [4.78, 5) is 28.4. The molecule has 33 heavy (non-hydrogen) atoms. The van der Waals surface area contributed by atoms with Crippen molar-refractivity contribution in [2.45, 2.75) is 64.6 Å². The van der Waals surface area contributed by atoms with Gasteiger partial charge in [0.15, 0.2) is 0 Å². The van der Waals surface area contributed by atoms with Crippen molar-refractivity contribution in [2.75, 3.05) is 50.7 Å². The number of aromatic nitrogens is 1. The molecule has 0 aromatic carbocycles. The summed E-state index contributed by atoms with van der Waals surface area (Å²) in [5, 5.41) is 3.96. The molecule has 3 aliphatic heterocycles. The number of carbonyl (C=O) groups is 1. The number of amides is 1. The monoisotopic (exact) mass is 476 g/mol. The first-order chi connectivity index (χ1) is 15.7. The Morgan fingerprint density at radius 3 is 2.61 bits per heavy atom. The molecule has 0 radical (unpaired) electrons. The van der Waals surface area contributed by atoms with E-state index in [4.69, 9.17) is 21.3 Å². The second-order valence-electron chi connectivity index (χ2n) is 10.1. The van der Waals surface area contributed by atoms with Crippen LogP contribution in [0.15, 0.2) is 17.3 Å². The molecule has 0 aliphatic carbocycles. The van der Waals surface area contributed by atoms with E-state index in [0.29, 0.717) is 17.1 Å². The van der Waals surface area contributed by atoms with Crippen molar-refractivity contribution < 1.29 is 9.53 Å². The van der Waals surface area contributed by atoms with E-state index in [0.717, 1.165) is 82.3 Å². The van der Waals surface area contributed by atoms with Gasteiger partial charge < -0.3 is 19.9 Å². The summed E-state index contributed by atoms with van der Waals surface area (Å²) in [5.41, 5.74) is 0.496. The highest BCUT2D eigenvalue weighted by Gasteiger charge is 2.35. The quantitative estimate of drug-likeness (QED) is 0.718. The molecule has 4 rings (SSSR count). The SMILES string of the molecule is CC[C@H]1CN(c2ncc(C3=NCCN3)cc2Cl)CCN1C1CCN(C(=O)OC(C)(C)C)CC1. The van der Waals surface area contributed by atoms with Crippen LogP contribution in [0.4, 0.5) is 10.6 Å². The topological polar surface area (TPSA) is 73.3 Å². The van der Waals surface area contributed by atoms with Crippen LogP contribution in [0.3, 0.4) is 0 Å². The van der Waals surface area contributed by atoms with E-state index in [9.17, 15) is 4.79 Å². The van der Waals surface area contributed by atoms with Gasteiger partial charge in [0, 0.05) is 63.1 Å². The van der Waals surface area contributed by atoms with Crippen LogP contribution in [-0.4, -0.2) is 90.2 Å². The number of halogens is 1. The highest BCUT2D eigenvalue weighted by molar-refractivity contribution is 6.33. The number of hydrogen-bond donors (Lipinski definition) is 1. The van der Waals surface area contributed by atoms with Crippen LogP contribution in [0.2, 0.25) is 5.02 Å². The van der Waals surface area contributed by atoms with Crippen LogP contribution in [0.5, 0.6) is 0 Å². The average molecular weight is 477 g/mol. The number of hydrogen-bond acceptors (Lipinski definition) is 7. The molecule has 1 aromatic rings. The minimum Gasteiger partial charge on any atom is -0.444 e. The van der Waals surface area contributed by atoms with Crippen molar-refractivity contribution in [1.82, 2.24) is 20.1 Å². The summed E-state index contributed by atoms with van der Waals surface area (Å²) in [6.07, 6.45) is 4.72. The second-order valence-corrected chi connectivity index (χ2v) is 10.5. The fourth-order valence-corrected chi connectivity index (χ4v) is 5.28. The first-order valence-corrected chi connectivity index (χ1v) is 12.6. The number of ether oxygens (including phenoxy) is 1. The molecule has 182 valence electrons. The number of carbonyl (C=O) groups excluding carboxylic acids is 1. The molecule has 0 unspecified atom stereocenters. The molecule has 2 saturated heterocycles. The molecule has 1 atom stereocenters. The van der Waals surface area contributed by atoms with Gasteiger partial charge in [0.05, 0.1) is 11.6 Å². The Morgan fingerprint density at radius 2 is 2.00 bits per heavy atom. The molecule has 1 N–H and O–H groups in total. The van der Waals surface area contributed by atoms with Crippen molar-refractivity contribution in [3.05, 3.63) is 22.8 Å². The number of piperidine rings is 1. The minimum absolute atomic E-state index is 0.194. The van der Waals surface area contributed by atoms with Crippen LogP contribution < -0.4 is 10.2 Å². The van der Waals surface area contributed by atoms with E-state index < -0.39 is 5.60 Å². The molecular weight excluding hydrogens is 440 g/mol.